The van der Waals surface area contributed by atoms with Gasteiger partial charge in [0, 0.05) is 24.9 Å². The number of fused-ring (bicyclic) bond motifs is 1. The molecule has 2 aliphatic heterocycles. The van der Waals surface area contributed by atoms with Gasteiger partial charge in [0.25, 0.3) is 5.91 Å². The fourth-order valence-electron chi connectivity index (χ4n) is 4.76. The van der Waals surface area contributed by atoms with Crippen molar-refractivity contribution in [2.75, 3.05) is 25.5 Å². The second kappa shape index (κ2) is 11.7. The fraction of sp³-hybridized carbons (Fsp3) is 0.429. The highest BCUT2D eigenvalue weighted by Crippen LogP contribution is 2.32. The molecule has 0 aliphatic carbocycles. The van der Waals surface area contributed by atoms with Crippen LogP contribution in [-0.4, -0.2) is 53.1 Å². The van der Waals surface area contributed by atoms with Gasteiger partial charge in [-0.25, -0.2) is 5.43 Å². The quantitative estimate of drug-likeness (QED) is 0.345. The van der Waals surface area contributed by atoms with Gasteiger partial charge in [-0.2, -0.15) is 0 Å². The number of rotatable bonds is 10. The lowest BCUT2D eigenvalue weighted by Crippen LogP contribution is -2.57. The van der Waals surface area contributed by atoms with Crippen molar-refractivity contribution >= 4 is 17.5 Å². The van der Waals surface area contributed by atoms with E-state index < -0.39 is 6.29 Å². The highest BCUT2D eigenvalue weighted by atomic mass is 16.6. The van der Waals surface area contributed by atoms with Crippen LogP contribution in [0.4, 0.5) is 5.69 Å². The summed E-state index contributed by atoms with van der Waals surface area (Å²) in [5.41, 5.74) is 7.51. The minimum Gasteiger partial charge on any atom is -0.364 e. The van der Waals surface area contributed by atoms with E-state index in [1.54, 1.807) is 29.2 Å². The number of benzene rings is 2. The molecule has 3 unspecified atom stereocenters. The number of ether oxygens (including phenoxy) is 1. The summed E-state index contributed by atoms with van der Waals surface area (Å²) in [6.07, 6.45) is 5.15. The number of piperazine rings is 1. The van der Waals surface area contributed by atoms with E-state index in [0.717, 1.165) is 31.2 Å². The summed E-state index contributed by atoms with van der Waals surface area (Å²) < 4.78 is 4.94. The Bertz CT molecular complexity index is 1100. The lowest BCUT2D eigenvalue weighted by Gasteiger charge is -2.41. The van der Waals surface area contributed by atoms with E-state index in [-0.39, 0.29) is 30.4 Å². The van der Waals surface area contributed by atoms with E-state index in [1.807, 2.05) is 11.1 Å². The predicted octanol–water partition coefficient (Wildman–Crippen LogP) is 3.81. The van der Waals surface area contributed by atoms with E-state index in [2.05, 4.69) is 48.9 Å². The molecule has 2 aromatic rings. The number of methoxy groups -OCH3 is 1. The maximum Gasteiger partial charge on any atom is 0.271 e. The summed E-state index contributed by atoms with van der Waals surface area (Å²) in [7, 11) is 1.41. The van der Waals surface area contributed by atoms with Crippen molar-refractivity contribution in [2.45, 2.75) is 57.9 Å². The number of hydrazine groups is 1. The van der Waals surface area contributed by atoms with Crippen molar-refractivity contribution in [1.29, 1.82) is 0 Å². The van der Waals surface area contributed by atoms with Crippen LogP contribution in [0.1, 0.15) is 61.6 Å². The number of hydrogen-bond donors (Lipinski definition) is 3. The highest BCUT2D eigenvalue weighted by molar-refractivity contribution is 5.99. The number of aryl methyl sites for hydroxylation is 1. The Morgan fingerprint density at radius 2 is 2.00 bits per heavy atom. The van der Waals surface area contributed by atoms with Gasteiger partial charge in [0.15, 0.2) is 6.29 Å². The molecular formula is C28H36N4O4. The van der Waals surface area contributed by atoms with E-state index in [0.29, 0.717) is 23.5 Å². The molecule has 3 atom stereocenters. The van der Waals surface area contributed by atoms with E-state index in [4.69, 9.17) is 4.74 Å². The summed E-state index contributed by atoms with van der Waals surface area (Å²) in [5, 5.41) is 14.8. The topological polar surface area (TPSA) is 94.1 Å². The van der Waals surface area contributed by atoms with Gasteiger partial charge < -0.3 is 20.1 Å². The molecule has 1 saturated heterocycles. The lowest BCUT2D eigenvalue weighted by molar-refractivity contribution is -0.137. The Hall–Kier alpha value is -3.20. The second-order valence-electron chi connectivity index (χ2n) is 9.54. The van der Waals surface area contributed by atoms with Crippen molar-refractivity contribution in [3.63, 3.8) is 0 Å². The van der Waals surface area contributed by atoms with E-state index >= 15 is 0 Å². The Morgan fingerprint density at radius 1 is 1.22 bits per heavy atom. The fourth-order valence-corrected chi connectivity index (χ4v) is 4.76. The molecule has 192 valence electrons. The number of amides is 2. The zero-order valence-electron chi connectivity index (χ0n) is 21.2. The first-order valence-electron chi connectivity index (χ1n) is 12.6. The molecule has 0 bridgehead atoms. The SMILES string of the molecule is CCCCCC1CN(CC(=O)Nc2cccc(C(O)OC)c2)C(=O)C2=CC(c3ccc(C)cc3)NN21. The zero-order chi connectivity index (χ0) is 25.7. The predicted molar refractivity (Wildman–Crippen MR) is 139 cm³/mol. The number of hydrogen-bond acceptors (Lipinski definition) is 6. The molecule has 0 radical (unpaired) electrons. The largest absolute Gasteiger partial charge is 0.364 e. The molecule has 4 rings (SSSR count). The highest BCUT2D eigenvalue weighted by Gasteiger charge is 2.41. The molecule has 2 aliphatic rings. The van der Waals surface area contributed by atoms with Gasteiger partial charge in [-0.3, -0.25) is 14.6 Å². The number of aliphatic hydroxyl groups is 1. The van der Waals surface area contributed by atoms with Crippen LogP contribution < -0.4 is 10.7 Å². The van der Waals surface area contributed by atoms with Crippen LogP contribution in [0, 0.1) is 6.92 Å². The average molecular weight is 493 g/mol. The third kappa shape index (κ3) is 5.95. The van der Waals surface area contributed by atoms with Crippen molar-refractivity contribution < 1.29 is 19.4 Å². The van der Waals surface area contributed by atoms with Gasteiger partial charge in [0.2, 0.25) is 5.91 Å². The number of aliphatic hydroxyl groups excluding tert-OH is 1. The molecule has 0 spiro atoms. The summed E-state index contributed by atoms with van der Waals surface area (Å²) in [4.78, 5) is 28.0. The normalized spacial score (nSPS) is 20.2. The summed E-state index contributed by atoms with van der Waals surface area (Å²) >= 11 is 0. The van der Waals surface area contributed by atoms with Crippen LogP contribution in [0.25, 0.3) is 0 Å². The summed E-state index contributed by atoms with van der Waals surface area (Å²) in [5.74, 6) is -0.433. The molecule has 36 heavy (non-hydrogen) atoms. The number of nitrogens with one attached hydrogen (secondary N) is 2. The monoisotopic (exact) mass is 492 g/mol. The number of unbranched alkanes of at least 4 members (excludes halogenated alkanes) is 2. The zero-order valence-corrected chi connectivity index (χ0v) is 21.2. The first-order chi connectivity index (χ1) is 17.4. The number of carbonyl (C=O) groups excluding carboxylic acids is 2. The molecule has 3 N–H and O–H groups in total. The lowest BCUT2D eigenvalue weighted by atomic mass is 10.0. The van der Waals surface area contributed by atoms with Crippen LogP contribution in [0.15, 0.2) is 60.3 Å². The molecule has 8 heteroatoms. The minimum absolute atomic E-state index is 0.0411. The van der Waals surface area contributed by atoms with Crippen LogP contribution in [0.2, 0.25) is 0 Å². The minimum atomic E-state index is -1.07. The van der Waals surface area contributed by atoms with Crippen LogP contribution in [0.3, 0.4) is 0 Å². The van der Waals surface area contributed by atoms with Crippen LogP contribution >= 0.6 is 0 Å². The molecule has 2 amide bonds. The van der Waals surface area contributed by atoms with E-state index in [9.17, 15) is 14.7 Å². The molecular weight excluding hydrogens is 456 g/mol. The third-order valence-corrected chi connectivity index (χ3v) is 6.76. The number of nitrogens with zero attached hydrogens (tertiary/aromatic N) is 2. The van der Waals surface area contributed by atoms with Crippen molar-refractivity contribution in [1.82, 2.24) is 15.3 Å². The van der Waals surface area contributed by atoms with Crippen molar-refractivity contribution in [2.24, 2.45) is 0 Å². The summed E-state index contributed by atoms with van der Waals surface area (Å²) in [6.45, 7) is 4.66. The first kappa shape index (κ1) is 25.9. The summed E-state index contributed by atoms with van der Waals surface area (Å²) in [6, 6.07) is 15.2. The molecule has 2 heterocycles. The molecule has 2 aromatic carbocycles. The molecule has 8 nitrogen and oxygen atoms in total. The van der Waals surface area contributed by atoms with Gasteiger partial charge in [-0.1, -0.05) is 68.1 Å². The Morgan fingerprint density at radius 3 is 2.72 bits per heavy atom. The average Bonchev–Trinajstić information content (AvgIpc) is 3.33. The van der Waals surface area contributed by atoms with E-state index in [1.165, 1.54) is 12.7 Å². The Labute approximate surface area is 212 Å². The van der Waals surface area contributed by atoms with Crippen molar-refractivity contribution in [3.05, 3.63) is 77.0 Å². The number of anilines is 1. The smallest absolute Gasteiger partial charge is 0.271 e. The molecule has 1 fully saturated rings. The molecule has 0 aromatic heterocycles. The third-order valence-electron chi connectivity index (χ3n) is 6.76. The van der Waals surface area contributed by atoms with Gasteiger partial charge >= 0.3 is 0 Å². The number of carbonyl (C=O) groups is 2. The van der Waals surface area contributed by atoms with Gasteiger partial charge in [-0.15, -0.1) is 0 Å². The second-order valence-corrected chi connectivity index (χ2v) is 9.54. The maximum absolute atomic E-state index is 13.4. The van der Waals surface area contributed by atoms with Gasteiger partial charge in [-0.05, 0) is 37.1 Å². The van der Waals surface area contributed by atoms with Crippen LogP contribution in [-0.2, 0) is 14.3 Å². The Kier molecular flexibility index (Phi) is 8.40. The maximum atomic E-state index is 13.4. The standard InChI is InChI=1S/C28H36N4O4/c1-4-5-6-10-23-17-31(18-26(33)29-22-9-7-8-21(15-22)28(35)36-3)27(34)25-16-24(30-32(23)25)20-13-11-19(2)12-14-20/h7-9,11-16,23-24,28,30,35H,4-6,10,17-18H2,1-3H3,(H,29,33). The van der Waals surface area contributed by atoms with Gasteiger partial charge in [0.05, 0.1) is 12.1 Å². The first-order valence-corrected chi connectivity index (χ1v) is 12.6. The Balaban J connectivity index is 1.49. The van der Waals surface area contributed by atoms with Crippen molar-refractivity contribution in [3.8, 4) is 0 Å². The van der Waals surface area contributed by atoms with Gasteiger partial charge in [0.1, 0.15) is 12.2 Å². The van der Waals surface area contributed by atoms with Crippen LogP contribution in [0.5, 0.6) is 0 Å². The molecule has 0 saturated carbocycles.